The molecule has 0 aliphatic heterocycles. The van der Waals surface area contributed by atoms with E-state index in [4.69, 9.17) is 17.3 Å². The molecule has 0 spiro atoms. The van der Waals surface area contributed by atoms with Gasteiger partial charge < -0.3 is 5.73 Å². The molecule has 0 saturated heterocycles. The first-order valence-electron chi connectivity index (χ1n) is 6.88. The predicted octanol–water partition coefficient (Wildman–Crippen LogP) is 2.84. The second-order valence-corrected chi connectivity index (χ2v) is 6.05. The van der Waals surface area contributed by atoms with Gasteiger partial charge in [0.05, 0.1) is 5.92 Å². The average Bonchev–Trinajstić information content (AvgIpc) is 2.81. The lowest BCUT2D eigenvalue weighted by Crippen LogP contribution is -2.32. The van der Waals surface area contributed by atoms with Crippen molar-refractivity contribution in [1.82, 2.24) is 24.8 Å². The largest absolute Gasteiger partial charge is 0.391 e. The minimum Gasteiger partial charge on any atom is -0.366 e. The van der Waals surface area contributed by atoms with Gasteiger partial charge in [0.15, 0.2) is 11.0 Å². The molecule has 10 heteroatoms. The summed E-state index contributed by atoms with van der Waals surface area (Å²) in [4.78, 5) is 3.76. The third-order valence-corrected chi connectivity index (χ3v) is 4.51. The van der Waals surface area contributed by atoms with E-state index in [1.807, 2.05) is 6.92 Å². The van der Waals surface area contributed by atoms with E-state index in [9.17, 15) is 13.2 Å². The minimum atomic E-state index is -4.20. The van der Waals surface area contributed by atoms with Crippen molar-refractivity contribution in [3.05, 3.63) is 11.0 Å². The molecule has 120 valence electrons. The van der Waals surface area contributed by atoms with Gasteiger partial charge in [0.2, 0.25) is 11.6 Å². The van der Waals surface area contributed by atoms with E-state index in [0.29, 0.717) is 12.2 Å². The Balaban J connectivity index is 2.02. The number of halogens is 4. The van der Waals surface area contributed by atoms with E-state index in [1.54, 1.807) is 0 Å². The lowest BCUT2D eigenvalue weighted by Gasteiger charge is -2.34. The number of hydrogen-bond acceptors (Lipinski definition) is 5. The molecule has 1 fully saturated rings. The highest BCUT2D eigenvalue weighted by Crippen LogP contribution is 2.45. The first-order chi connectivity index (χ1) is 10.3. The summed E-state index contributed by atoms with van der Waals surface area (Å²) in [7, 11) is 0. The molecule has 3 atom stereocenters. The van der Waals surface area contributed by atoms with Crippen molar-refractivity contribution in [3.8, 4) is 0 Å². The maximum Gasteiger partial charge on any atom is 0.391 e. The van der Waals surface area contributed by atoms with Crippen LogP contribution in [0.4, 0.5) is 19.1 Å². The molecule has 0 radical (unpaired) electrons. The molecule has 0 amide bonds. The summed E-state index contributed by atoms with van der Waals surface area (Å²) in [6, 6.07) is 0. The number of nitrogens with zero attached hydrogens (tertiary/aromatic N) is 5. The highest BCUT2D eigenvalue weighted by molar-refractivity contribution is 6.32. The standard InChI is InChI=1S/C12H14ClF3N6/c1-5-2-3-6(12(14,15)16)4-7(5)9-19-20-10-8(13)18-11(17)21-22(9)10/h5-7H,2-4H2,1H3,(H2,17,21). The van der Waals surface area contributed by atoms with Crippen molar-refractivity contribution < 1.29 is 13.2 Å². The number of anilines is 1. The smallest absolute Gasteiger partial charge is 0.366 e. The lowest BCUT2D eigenvalue weighted by atomic mass is 9.74. The van der Waals surface area contributed by atoms with Crippen LogP contribution in [-0.2, 0) is 0 Å². The Kier molecular flexibility index (Phi) is 3.62. The molecular formula is C12H14ClF3N6. The third-order valence-electron chi connectivity index (χ3n) is 4.25. The number of nitrogens with two attached hydrogens (primary N) is 1. The molecule has 3 rings (SSSR count). The fourth-order valence-electron chi connectivity index (χ4n) is 3.00. The molecule has 2 aromatic rings. The molecule has 0 aromatic carbocycles. The van der Waals surface area contributed by atoms with Gasteiger partial charge in [-0.25, -0.2) is 0 Å². The van der Waals surface area contributed by atoms with Crippen LogP contribution >= 0.6 is 11.6 Å². The quantitative estimate of drug-likeness (QED) is 0.867. The van der Waals surface area contributed by atoms with Crippen LogP contribution in [0.5, 0.6) is 0 Å². The summed E-state index contributed by atoms with van der Waals surface area (Å²) in [5.41, 5.74) is 5.75. The van der Waals surface area contributed by atoms with Gasteiger partial charge in [-0.05, 0) is 25.2 Å². The van der Waals surface area contributed by atoms with Crippen molar-refractivity contribution >= 4 is 23.2 Å². The third kappa shape index (κ3) is 2.57. The zero-order valence-corrected chi connectivity index (χ0v) is 12.4. The zero-order chi connectivity index (χ0) is 16.1. The highest BCUT2D eigenvalue weighted by Gasteiger charge is 2.45. The number of rotatable bonds is 1. The summed E-state index contributed by atoms with van der Waals surface area (Å²) in [5.74, 6) is -1.42. The molecular weight excluding hydrogens is 321 g/mol. The van der Waals surface area contributed by atoms with Gasteiger partial charge in [0.1, 0.15) is 0 Å². The monoisotopic (exact) mass is 334 g/mol. The lowest BCUT2D eigenvalue weighted by molar-refractivity contribution is -0.185. The summed E-state index contributed by atoms with van der Waals surface area (Å²) >= 11 is 5.92. The van der Waals surface area contributed by atoms with Crippen molar-refractivity contribution in [2.75, 3.05) is 5.73 Å². The molecule has 1 aliphatic rings. The molecule has 1 saturated carbocycles. The summed E-state index contributed by atoms with van der Waals surface area (Å²) < 4.78 is 40.4. The molecule has 0 bridgehead atoms. The molecule has 2 aromatic heterocycles. The Morgan fingerprint density at radius 1 is 1.27 bits per heavy atom. The molecule has 1 aliphatic carbocycles. The topological polar surface area (TPSA) is 82.0 Å². The first kappa shape index (κ1) is 15.3. The van der Waals surface area contributed by atoms with Crippen LogP contribution in [0.25, 0.3) is 5.65 Å². The van der Waals surface area contributed by atoms with E-state index in [2.05, 4.69) is 20.3 Å². The molecule has 22 heavy (non-hydrogen) atoms. The van der Waals surface area contributed by atoms with Crippen molar-refractivity contribution in [1.29, 1.82) is 0 Å². The van der Waals surface area contributed by atoms with E-state index in [1.165, 1.54) is 4.52 Å². The number of fused-ring (bicyclic) bond motifs is 1. The Labute approximate surface area is 128 Å². The summed E-state index contributed by atoms with van der Waals surface area (Å²) in [6.45, 7) is 1.91. The van der Waals surface area contributed by atoms with Crippen LogP contribution in [0.2, 0.25) is 5.15 Å². The van der Waals surface area contributed by atoms with E-state index in [0.717, 1.165) is 0 Å². The van der Waals surface area contributed by atoms with Gasteiger partial charge in [-0.1, -0.05) is 18.5 Å². The molecule has 3 unspecified atom stereocenters. The van der Waals surface area contributed by atoms with Gasteiger partial charge in [-0.15, -0.1) is 15.3 Å². The Morgan fingerprint density at radius 2 is 2.00 bits per heavy atom. The normalized spacial score (nSPS) is 26.5. The second kappa shape index (κ2) is 5.22. The maximum atomic E-state index is 13.0. The van der Waals surface area contributed by atoms with Crippen LogP contribution in [0.3, 0.4) is 0 Å². The molecule has 2 heterocycles. The minimum absolute atomic E-state index is 0.0297. The summed E-state index contributed by atoms with van der Waals surface area (Å²) in [6.07, 6.45) is -3.63. The van der Waals surface area contributed by atoms with Crippen LogP contribution in [-0.4, -0.2) is 31.0 Å². The SMILES string of the molecule is CC1CCC(C(F)(F)F)CC1c1nnc2c(Cl)nc(N)nn12. The van der Waals surface area contributed by atoms with E-state index in [-0.39, 0.29) is 35.5 Å². The van der Waals surface area contributed by atoms with Crippen LogP contribution < -0.4 is 5.73 Å². The van der Waals surface area contributed by atoms with Crippen LogP contribution in [0, 0.1) is 11.8 Å². The van der Waals surface area contributed by atoms with Gasteiger partial charge in [-0.3, -0.25) is 0 Å². The van der Waals surface area contributed by atoms with Crippen LogP contribution in [0.15, 0.2) is 0 Å². The first-order valence-corrected chi connectivity index (χ1v) is 7.26. The van der Waals surface area contributed by atoms with Crippen molar-refractivity contribution in [2.45, 2.75) is 38.3 Å². The van der Waals surface area contributed by atoms with Gasteiger partial charge in [0.25, 0.3) is 0 Å². The second-order valence-electron chi connectivity index (χ2n) is 5.69. The van der Waals surface area contributed by atoms with Gasteiger partial charge >= 0.3 is 6.18 Å². The Bertz CT molecular complexity index is 700. The summed E-state index contributed by atoms with van der Waals surface area (Å²) in [5, 5.41) is 11.9. The molecule has 6 nitrogen and oxygen atoms in total. The van der Waals surface area contributed by atoms with Gasteiger partial charge in [-0.2, -0.15) is 22.7 Å². The van der Waals surface area contributed by atoms with Crippen LogP contribution in [0.1, 0.15) is 37.9 Å². The molecule has 2 N–H and O–H groups in total. The Hall–Kier alpha value is -1.64. The van der Waals surface area contributed by atoms with Crippen molar-refractivity contribution in [2.24, 2.45) is 11.8 Å². The number of nitrogen functional groups attached to an aromatic ring is 1. The Morgan fingerprint density at radius 3 is 2.68 bits per heavy atom. The zero-order valence-electron chi connectivity index (χ0n) is 11.7. The fraction of sp³-hybridized carbons (Fsp3) is 0.667. The number of aromatic nitrogens is 5. The number of alkyl halides is 3. The predicted molar refractivity (Wildman–Crippen MR) is 73.3 cm³/mol. The van der Waals surface area contributed by atoms with E-state index >= 15 is 0 Å². The van der Waals surface area contributed by atoms with E-state index < -0.39 is 18.0 Å². The average molecular weight is 335 g/mol. The number of hydrogen-bond donors (Lipinski definition) is 1. The maximum absolute atomic E-state index is 13.0. The highest BCUT2D eigenvalue weighted by atomic mass is 35.5. The fourth-order valence-corrected chi connectivity index (χ4v) is 3.21. The van der Waals surface area contributed by atoms with Crippen molar-refractivity contribution in [3.63, 3.8) is 0 Å². The van der Waals surface area contributed by atoms with Gasteiger partial charge in [0, 0.05) is 5.92 Å².